The number of methoxy groups -OCH3 is 1. The molecule has 0 aromatic rings. The van der Waals surface area contributed by atoms with Crippen LogP contribution in [0.5, 0.6) is 0 Å². The Morgan fingerprint density at radius 2 is 1.71 bits per heavy atom. The monoisotopic (exact) mass is 442 g/mol. The van der Waals surface area contributed by atoms with Crippen LogP contribution < -0.4 is 16.0 Å². The first kappa shape index (κ1) is 26.2. The molecule has 0 saturated carbocycles. The van der Waals surface area contributed by atoms with Gasteiger partial charge >= 0.3 is 12.1 Å². The standard InChI is InChI=1S/C20H34N4O7/c1-12(2)16(23-19(29)31-20(3,4)5)18(28)24-9-7-8-13(24)17(27)22-10-14(25)21-11-15(26)30-6/h12-13,16H,7-11H2,1-6H3,(H,21,25)(H,22,27)(H,23,29)/t13-,16-/m0/s1. The molecule has 0 aliphatic carbocycles. The van der Waals surface area contributed by atoms with Crippen LogP contribution in [0.15, 0.2) is 0 Å². The van der Waals surface area contributed by atoms with E-state index in [-0.39, 0.29) is 24.9 Å². The maximum atomic E-state index is 13.1. The minimum Gasteiger partial charge on any atom is -0.468 e. The van der Waals surface area contributed by atoms with Gasteiger partial charge in [-0.3, -0.25) is 19.2 Å². The third-order valence-electron chi connectivity index (χ3n) is 4.52. The minimum atomic E-state index is -0.855. The molecule has 11 nitrogen and oxygen atoms in total. The summed E-state index contributed by atoms with van der Waals surface area (Å²) in [6, 6.07) is -1.60. The second-order valence-corrected chi connectivity index (χ2v) is 8.63. The Labute approximate surface area is 182 Å². The summed E-state index contributed by atoms with van der Waals surface area (Å²) in [6.45, 7) is 8.48. The molecule has 3 N–H and O–H groups in total. The fourth-order valence-electron chi connectivity index (χ4n) is 3.02. The zero-order chi connectivity index (χ0) is 23.8. The van der Waals surface area contributed by atoms with Crippen molar-refractivity contribution in [2.45, 2.75) is 65.1 Å². The fraction of sp³-hybridized carbons (Fsp3) is 0.750. The first-order valence-corrected chi connectivity index (χ1v) is 10.3. The molecular weight excluding hydrogens is 408 g/mol. The highest BCUT2D eigenvalue weighted by atomic mass is 16.6. The number of carbonyl (C=O) groups is 5. The van der Waals surface area contributed by atoms with Crippen molar-refractivity contribution in [3.8, 4) is 0 Å². The number of hydrogen-bond acceptors (Lipinski definition) is 7. The molecule has 176 valence electrons. The number of likely N-dealkylation sites (tertiary alicyclic amines) is 1. The second kappa shape index (κ2) is 11.5. The Balaban J connectivity index is 2.71. The van der Waals surface area contributed by atoms with E-state index >= 15 is 0 Å². The third-order valence-corrected chi connectivity index (χ3v) is 4.52. The summed E-state index contributed by atoms with van der Waals surface area (Å²) in [7, 11) is 1.20. The Bertz CT molecular complexity index is 688. The molecule has 1 rings (SSSR count). The summed E-state index contributed by atoms with van der Waals surface area (Å²) in [5.41, 5.74) is -0.709. The van der Waals surface area contributed by atoms with E-state index in [2.05, 4.69) is 20.7 Å². The molecule has 1 aliphatic heterocycles. The van der Waals surface area contributed by atoms with Crippen LogP contribution >= 0.6 is 0 Å². The van der Waals surface area contributed by atoms with Crippen molar-refractivity contribution in [3.63, 3.8) is 0 Å². The van der Waals surface area contributed by atoms with Crippen LogP contribution in [-0.2, 0) is 28.7 Å². The van der Waals surface area contributed by atoms with Crippen LogP contribution in [0.3, 0.4) is 0 Å². The molecule has 0 spiro atoms. The molecule has 1 aliphatic rings. The molecule has 4 amide bonds. The van der Waals surface area contributed by atoms with Crippen LogP contribution in [0, 0.1) is 5.92 Å². The van der Waals surface area contributed by atoms with Gasteiger partial charge in [0.2, 0.25) is 17.7 Å². The number of ether oxygens (including phenoxy) is 2. The zero-order valence-corrected chi connectivity index (χ0v) is 19.1. The van der Waals surface area contributed by atoms with E-state index in [1.54, 1.807) is 34.6 Å². The lowest BCUT2D eigenvalue weighted by Gasteiger charge is -2.31. The quantitative estimate of drug-likeness (QED) is 0.447. The SMILES string of the molecule is COC(=O)CNC(=O)CNC(=O)[C@@H]1CCCN1C(=O)[C@@H](NC(=O)OC(C)(C)C)C(C)C. The minimum absolute atomic E-state index is 0.228. The van der Waals surface area contributed by atoms with Crippen LogP contribution in [0.25, 0.3) is 0 Å². The van der Waals surface area contributed by atoms with E-state index in [1.807, 2.05) is 0 Å². The van der Waals surface area contributed by atoms with Gasteiger partial charge in [-0.05, 0) is 39.5 Å². The molecule has 1 heterocycles. The van der Waals surface area contributed by atoms with Crippen molar-refractivity contribution in [2.75, 3.05) is 26.7 Å². The Hall–Kier alpha value is -2.85. The molecular formula is C20H34N4O7. The smallest absolute Gasteiger partial charge is 0.408 e. The van der Waals surface area contributed by atoms with Gasteiger partial charge in [0.15, 0.2) is 0 Å². The van der Waals surface area contributed by atoms with E-state index in [0.717, 1.165) is 0 Å². The summed E-state index contributed by atoms with van der Waals surface area (Å²) in [6.07, 6.45) is 0.357. The van der Waals surface area contributed by atoms with Crippen LogP contribution in [0.4, 0.5) is 4.79 Å². The van der Waals surface area contributed by atoms with Gasteiger partial charge in [-0.25, -0.2) is 4.79 Å². The van der Waals surface area contributed by atoms with Crippen LogP contribution in [-0.4, -0.2) is 79.1 Å². The lowest BCUT2D eigenvalue weighted by molar-refractivity contribution is -0.142. The van der Waals surface area contributed by atoms with Crippen LogP contribution in [0.1, 0.15) is 47.5 Å². The van der Waals surface area contributed by atoms with Gasteiger partial charge in [-0.15, -0.1) is 0 Å². The lowest BCUT2D eigenvalue weighted by Crippen LogP contribution is -2.56. The van der Waals surface area contributed by atoms with E-state index in [0.29, 0.717) is 19.4 Å². The maximum Gasteiger partial charge on any atom is 0.408 e. The number of amides is 4. The topological polar surface area (TPSA) is 143 Å². The lowest BCUT2D eigenvalue weighted by atomic mass is 10.0. The number of nitrogens with zero attached hydrogens (tertiary/aromatic N) is 1. The molecule has 0 radical (unpaired) electrons. The van der Waals surface area contributed by atoms with Gasteiger partial charge in [-0.2, -0.15) is 0 Å². The predicted molar refractivity (Wildman–Crippen MR) is 111 cm³/mol. The Morgan fingerprint density at radius 1 is 1.06 bits per heavy atom. The van der Waals surface area contributed by atoms with Crippen molar-refractivity contribution < 1.29 is 33.4 Å². The summed E-state index contributed by atoms with van der Waals surface area (Å²) in [5, 5.41) is 7.40. The van der Waals surface area contributed by atoms with E-state index < -0.39 is 41.6 Å². The zero-order valence-electron chi connectivity index (χ0n) is 19.1. The maximum absolute atomic E-state index is 13.1. The molecule has 11 heteroatoms. The molecule has 1 saturated heterocycles. The first-order valence-electron chi connectivity index (χ1n) is 10.3. The highest BCUT2D eigenvalue weighted by Crippen LogP contribution is 2.20. The van der Waals surface area contributed by atoms with Gasteiger partial charge in [0, 0.05) is 6.54 Å². The number of rotatable bonds is 8. The number of nitrogens with one attached hydrogen (secondary N) is 3. The van der Waals surface area contributed by atoms with Crippen molar-refractivity contribution in [2.24, 2.45) is 5.92 Å². The molecule has 31 heavy (non-hydrogen) atoms. The van der Waals surface area contributed by atoms with Crippen molar-refractivity contribution >= 4 is 29.8 Å². The summed E-state index contributed by atoms with van der Waals surface area (Å²) in [5.74, 6) is -2.24. The molecule has 0 bridgehead atoms. The van der Waals surface area contributed by atoms with Crippen LogP contribution in [0.2, 0.25) is 0 Å². The van der Waals surface area contributed by atoms with Gasteiger partial charge in [0.25, 0.3) is 0 Å². The molecule has 1 fully saturated rings. The predicted octanol–water partition coefficient (Wildman–Crippen LogP) is -0.0679. The van der Waals surface area contributed by atoms with Gasteiger partial charge in [-0.1, -0.05) is 13.8 Å². The van der Waals surface area contributed by atoms with Crippen molar-refractivity contribution in [1.82, 2.24) is 20.9 Å². The number of esters is 1. The van der Waals surface area contributed by atoms with Crippen molar-refractivity contribution in [3.05, 3.63) is 0 Å². The Kier molecular flexibility index (Phi) is 9.73. The van der Waals surface area contributed by atoms with Gasteiger partial charge < -0.3 is 30.3 Å². The number of hydrogen-bond donors (Lipinski definition) is 3. The molecule has 0 aromatic carbocycles. The Morgan fingerprint density at radius 3 is 2.26 bits per heavy atom. The summed E-state index contributed by atoms with van der Waals surface area (Å²) < 4.78 is 9.66. The number of carbonyl (C=O) groups excluding carboxylic acids is 5. The van der Waals surface area contributed by atoms with E-state index in [9.17, 15) is 24.0 Å². The average molecular weight is 443 g/mol. The largest absolute Gasteiger partial charge is 0.468 e. The summed E-state index contributed by atoms with van der Waals surface area (Å²) in [4.78, 5) is 62.0. The molecule has 0 unspecified atom stereocenters. The highest BCUT2D eigenvalue weighted by molar-refractivity contribution is 5.93. The summed E-state index contributed by atoms with van der Waals surface area (Å²) >= 11 is 0. The number of alkyl carbamates (subject to hydrolysis) is 1. The van der Waals surface area contributed by atoms with Gasteiger partial charge in [0.1, 0.15) is 24.2 Å². The van der Waals surface area contributed by atoms with Crippen molar-refractivity contribution in [1.29, 1.82) is 0 Å². The van der Waals surface area contributed by atoms with E-state index in [1.165, 1.54) is 12.0 Å². The second-order valence-electron chi connectivity index (χ2n) is 8.63. The normalized spacial score (nSPS) is 17.0. The first-order chi connectivity index (χ1) is 14.4. The molecule has 0 aromatic heterocycles. The highest BCUT2D eigenvalue weighted by Gasteiger charge is 2.39. The van der Waals surface area contributed by atoms with E-state index in [4.69, 9.17) is 4.74 Å². The molecule has 2 atom stereocenters. The van der Waals surface area contributed by atoms with Gasteiger partial charge in [0.05, 0.1) is 13.7 Å². The third kappa shape index (κ3) is 8.81. The average Bonchev–Trinajstić information content (AvgIpc) is 3.16. The fourth-order valence-corrected chi connectivity index (χ4v) is 3.02.